The Balaban J connectivity index is 0. The molecule has 0 atom stereocenters. The number of nitrogens with one attached hydrogen (secondary N) is 2. The van der Waals surface area contributed by atoms with Gasteiger partial charge in [-0.25, -0.2) is 9.97 Å². The summed E-state index contributed by atoms with van der Waals surface area (Å²) in [4.78, 5) is 38.5. The fourth-order valence-corrected chi connectivity index (χ4v) is 2180. The summed E-state index contributed by atoms with van der Waals surface area (Å²) in [5.41, 5.74) is 2.57. The Bertz CT molecular complexity index is 1720. The number of fused-ring (bicyclic) bond motifs is 2. The van der Waals surface area contributed by atoms with Gasteiger partial charge in [-0.3, -0.25) is 9.59 Å². The number of pyridine rings is 4. The number of rotatable bonds is 8. The third-order valence-corrected chi connectivity index (χ3v) is 1030. The third kappa shape index (κ3) is 28.8. The molecule has 0 saturated heterocycles. The molecule has 301 valence electrons. The molecule has 4 heterocycles. The summed E-state index contributed by atoms with van der Waals surface area (Å²) >= 11 is 50.6. The number of aromatic nitrogens is 4. The molecule has 51 heavy (non-hydrogen) atoms. The van der Waals surface area contributed by atoms with Crippen LogP contribution in [0.4, 0.5) is 0 Å². The number of thiol groups is 1. The van der Waals surface area contributed by atoms with Gasteiger partial charge in [-0.15, -0.1) is 0 Å². The normalized spacial score (nSPS) is 12.3. The van der Waals surface area contributed by atoms with E-state index in [0.29, 0.717) is 33.9 Å². The minimum absolute atomic E-state index is 0. The molecule has 0 aliphatic heterocycles. The number of hydrogen-bond acceptors (Lipinski definition) is 6. The summed E-state index contributed by atoms with van der Waals surface area (Å²) in [6.07, 6.45) is 3.32. The molecule has 4 aromatic rings. The minimum atomic E-state index is -1.61. The summed E-state index contributed by atoms with van der Waals surface area (Å²) < 4.78 is 1.08. The first kappa shape index (κ1) is 63.3. The zero-order chi connectivity index (χ0) is 38.8. The van der Waals surface area contributed by atoms with E-state index in [-0.39, 0.29) is 65.9 Å². The SMILES string of the molecule is C.C[I-]I(I)I(I)I(I)I(I)I(I)I(I)I(I)I.Cc1cc2cccnc2[nH]c1=O.ClC(Cl)(Cl)Cl.O=c1[nH]c2ncccc2cc1CBr.[B]=NS. The topological polar surface area (TPSA) is 104 Å². The average molecular weight is 2670 g/mol. The van der Waals surface area contributed by atoms with Gasteiger partial charge in [-0.05, 0) is 43.3 Å². The van der Waals surface area contributed by atoms with Gasteiger partial charge in [0.1, 0.15) is 11.3 Å². The summed E-state index contributed by atoms with van der Waals surface area (Å²) in [6.45, 7) is 1.78. The molecule has 0 unspecified atom stereocenters. The second kappa shape index (κ2) is 36.4. The molecule has 30 heteroatoms. The van der Waals surface area contributed by atoms with Crippen LogP contribution in [-0.4, -0.2) is 35.8 Å². The van der Waals surface area contributed by atoms with Gasteiger partial charge in [0.2, 0.25) is 0 Å². The maximum atomic E-state index is 11.3. The zero-order valence-corrected chi connectivity index (χ0v) is 64.0. The molecular formula is C21H23BBrCl4I16N5O2S-. The third-order valence-electron chi connectivity index (χ3n) is 4.24. The summed E-state index contributed by atoms with van der Waals surface area (Å²) in [5.74, 6) is 0. The van der Waals surface area contributed by atoms with Crippen LogP contribution in [0.5, 0.6) is 0 Å². The van der Waals surface area contributed by atoms with E-state index < -0.39 is 11.1 Å². The number of halogens is 21. The first-order valence-corrected chi connectivity index (χ1v) is 111. The van der Waals surface area contributed by atoms with Crippen LogP contribution in [0.15, 0.2) is 62.7 Å². The van der Waals surface area contributed by atoms with Crippen molar-refractivity contribution in [1.29, 1.82) is 0 Å². The van der Waals surface area contributed by atoms with Gasteiger partial charge in [-0.1, -0.05) is 69.8 Å². The van der Waals surface area contributed by atoms with E-state index >= 15 is 0 Å². The van der Waals surface area contributed by atoms with Crippen molar-refractivity contribution in [1.82, 2.24) is 19.9 Å². The van der Waals surface area contributed by atoms with Crippen molar-refractivity contribution >= 4 is 309 Å². The Kier molecular flexibility index (Phi) is 45.2. The van der Waals surface area contributed by atoms with E-state index in [1.807, 2.05) is 36.4 Å². The van der Waals surface area contributed by atoms with E-state index in [9.17, 15) is 9.59 Å². The molecule has 0 saturated carbocycles. The zero-order valence-electron chi connectivity index (χ0n) is 23.9. The molecule has 0 spiro atoms. The summed E-state index contributed by atoms with van der Waals surface area (Å²) in [7, 11) is 1.89. The molecular weight excluding hydrogens is 2650 g/mol. The molecule has 7 nitrogen and oxygen atoms in total. The van der Waals surface area contributed by atoms with Crippen LogP contribution in [0.1, 0.15) is 18.6 Å². The fourth-order valence-electron chi connectivity index (χ4n) is 2.52. The van der Waals surface area contributed by atoms with E-state index in [1.165, 1.54) is 0 Å². The van der Waals surface area contributed by atoms with E-state index in [0.717, 1.165) is 21.9 Å². The van der Waals surface area contributed by atoms with Crippen molar-refractivity contribution < 1.29 is 17.2 Å². The number of H-pyrrole nitrogens is 2. The van der Waals surface area contributed by atoms with Crippen LogP contribution in [0.25, 0.3) is 22.1 Å². The molecule has 1 radical (unpaired) electrons. The van der Waals surface area contributed by atoms with Gasteiger partial charge in [0.25, 0.3) is 14.4 Å². The van der Waals surface area contributed by atoms with Crippen molar-refractivity contribution in [3.63, 3.8) is 0 Å². The molecule has 0 bridgehead atoms. The quantitative estimate of drug-likeness (QED) is 0.0708. The van der Waals surface area contributed by atoms with E-state index in [2.05, 4.69) is 214 Å². The number of aryl methyl sites for hydroxylation is 1. The predicted octanol–water partition coefficient (Wildman–Crippen LogP) is 16.9. The Labute approximate surface area is 444 Å². The maximum absolute atomic E-state index is 11.3. The molecule has 0 amide bonds. The molecule has 0 aliphatic carbocycles. The van der Waals surface area contributed by atoms with Crippen molar-refractivity contribution in [2.24, 2.45) is 4.30 Å². The van der Waals surface area contributed by atoms with Gasteiger partial charge < -0.3 is 9.97 Å². The van der Waals surface area contributed by atoms with E-state index in [1.54, 1.807) is 19.3 Å². The van der Waals surface area contributed by atoms with Gasteiger partial charge in [0.05, 0.1) is 0 Å². The molecule has 4 aromatic heterocycles. The monoisotopic (exact) mass is 2670 g/mol. The van der Waals surface area contributed by atoms with Crippen molar-refractivity contribution in [3.8, 4) is 0 Å². The van der Waals surface area contributed by atoms with E-state index in [4.69, 9.17) is 46.4 Å². The van der Waals surface area contributed by atoms with Crippen molar-refractivity contribution in [2.75, 3.05) is 4.93 Å². The summed E-state index contributed by atoms with van der Waals surface area (Å²) in [5, 5.41) is 2.49. The van der Waals surface area contributed by atoms with Gasteiger partial charge in [-0.2, -0.15) is 0 Å². The predicted molar refractivity (Wildman–Crippen MR) is 368 cm³/mol. The summed E-state index contributed by atoms with van der Waals surface area (Å²) in [6, 6.07) is 11.2. The van der Waals surface area contributed by atoms with Gasteiger partial charge in [0.15, 0.2) is 0 Å². The van der Waals surface area contributed by atoms with Gasteiger partial charge >= 0.3 is 251 Å². The van der Waals surface area contributed by atoms with Crippen LogP contribution in [0, 0.1) is 6.92 Å². The Morgan fingerprint density at radius 3 is 1.65 bits per heavy atom. The van der Waals surface area contributed by atoms with Crippen LogP contribution in [0.2, 0.25) is 0 Å². The molecule has 0 fully saturated rings. The Morgan fingerprint density at radius 1 is 0.843 bits per heavy atom. The van der Waals surface area contributed by atoms with Crippen LogP contribution in [0.3, 0.4) is 0 Å². The van der Waals surface area contributed by atoms with Crippen LogP contribution >= 0.6 is 279 Å². The molecule has 2 N–H and O–H groups in total. The Hall–Kier alpha value is 10.3. The first-order chi connectivity index (χ1) is 23.2. The molecule has 0 aromatic carbocycles. The van der Waals surface area contributed by atoms with Crippen LogP contribution in [-0.2, 0) is 5.33 Å². The number of aromatic amines is 2. The fraction of sp³-hybridized carbons (Fsp3) is 0.238. The second-order valence-corrected chi connectivity index (χ2v) is 359. The number of nitrogens with zero attached hydrogens (tertiary/aromatic N) is 3. The Morgan fingerprint density at radius 2 is 1.24 bits per heavy atom. The number of alkyl halides is 6. The van der Waals surface area contributed by atoms with Crippen molar-refractivity contribution in [2.45, 2.75) is 22.9 Å². The van der Waals surface area contributed by atoms with Crippen molar-refractivity contribution in [3.05, 3.63) is 80.6 Å². The average Bonchev–Trinajstić information content (AvgIpc) is 3.06. The molecule has 4 rings (SSSR count). The molecule has 0 aliphatic rings. The van der Waals surface area contributed by atoms with Gasteiger partial charge in [0, 0.05) is 39.6 Å². The standard InChI is InChI=1S/C9H7BrN2O.C9H8N2O.CCl4.CH3I16.CH4.BHNS/c10-5-7-4-6-2-1-3-11-8(6)12-9(7)13;1-6-5-7-3-2-4-10-8(7)11-9(6)12;2-1(3,4)5;1-10-12(4)14(6)16(8)17(9)15(7)13(5)11(2)3;;1-2-3/h1-4H,5H2,(H,11,12,13);2-5H,1H3,(H,10,11,12);;1H3;1H4;3H/q;;;-1;;. The van der Waals surface area contributed by atoms with Crippen LogP contribution < -0.4 is 28.3 Å². The first-order valence-electron chi connectivity index (χ1n) is 11.3. The number of hydrogen-bond donors (Lipinski definition) is 3. The second-order valence-electron chi connectivity index (χ2n) is 7.24.